The van der Waals surface area contributed by atoms with E-state index < -0.39 is 0 Å². The van der Waals surface area contributed by atoms with Gasteiger partial charge in [0.15, 0.2) is 0 Å². The molecule has 0 atom stereocenters. The highest BCUT2D eigenvalue weighted by molar-refractivity contribution is 5.69. The van der Waals surface area contributed by atoms with Crippen molar-refractivity contribution in [3.05, 3.63) is 70.9 Å². The van der Waals surface area contributed by atoms with Crippen LogP contribution in [0.15, 0.2) is 48.5 Å². The van der Waals surface area contributed by atoms with Crippen molar-refractivity contribution in [2.75, 3.05) is 7.11 Å². The minimum absolute atomic E-state index is 0.873. The summed E-state index contributed by atoms with van der Waals surface area (Å²) in [5.41, 5.74) is 7.01. The van der Waals surface area contributed by atoms with Crippen LogP contribution in [-0.4, -0.2) is 17.3 Å². The number of rotatable bonds is 4. The Hall–Kier alpha value is -2.55. The van der Waals surface area contributed by atoms with Gasteiger partial charge in [-0.05, 0) is 43.2 Å². The number of nitrogens with zero attached hydrogens (tertiary/aromatic N) is 1. The van der Waals surface area contributed by atoms with Gasteiger partial charge in [-0.1, -0.05) is 50.6 Å². The topological polar surface area (TPSA) is 37.9 Å². The molecule has 0 saturated heterocycles. The van der Waals surface area contributed by atoms with Gasteiger partial charge in [-0.3, -0.25) is 5.10 Å². The van der Waals surface area contributed by atoms with E-state index in [2.05, 4.69) is 68.2 Å². The summed E-state index contributed by atoms with van der Waals surface area (Å²) in [6, 6.07) is 16.6. The normalized spacial score (nSPS) is 10.1. The second-order valence-electron chi connectivity index (χ2n) is 6.23. The fourth-order valence-corrected chi connectivity index (χ4v) is 2.72. The Morgan fingerprint density at radius 2 is 1.68 bits per heavy atom. The lowest BCUT2D eigenvalue weighted by molar-refractivity contribution is 0.414. The Bertz CT molecular complexity index is 791. The lowest BCUT2D eigenvalue weighted by Crippen LogP contribution is -1.94. The summed E-state index contributed by atoms with van der Waals surface area (Å²) in [6.07, 6.45) is 2.13. The van der Waals surface area contributed by atoms with Gasteiger partial charge in [-0.15, -0.1) is 0 Å². The summed E-state index contributed by atoms with van der Waals surface area (Å²) in [5.74, 6) is 0.873. The average Bonchev–Trinajstić information content (AvgIpc) is 2.97. The summed E-state index contributed by atoms with van der Waals surface area (Å²) < 4.78 is 5.29. The molecule has 3 aromatic rings. The number of methoxy groups -OCH3 is 1. The molecule has 132 valence electrons. The van der Waals surface area contributed by atoms with Crippen LogP contribution in [0.25, 0.3) is 11.3 Å². The van der Waals surface area contributed by atoms with Crippen molar-refractivity contribution in [3.8, 4) is 17.0 Å². The first-order chi connectivity index (χ1) is 12.1. The van der Waals surface area contributed by atoms with Gasteiger partial charge in [-0.25, -0.2) is 0 Å². The average molecular weight is 336 g/mol. The summed E-state index contributed by atoms with van der Waals surface area (Å²) in [5, 5.41) is 7.66. The molecule has 0 unspecified atom stereocenters. The van der Waals surface area contributed by atoms with Crippen molar-refractivity contribution in [3.63, 3.8) is 0 Å². The third-order valence-electron chi connectivity index (χ3n) is 3.99. The quantitative estimate of drug-likeness (QED) is 0.662. The zero-order valence-corrected chi connectivity index (χ0v) is 15.9. The van der Waals surface area contributed by atoms with Gasteiger partial charge in [0.05, 0.1) is 12.8 Å². The number of aryl methyl sites for hydroxylation is 2. The number of H-pyrrole nitrogens is 1. The van der Waals surface area contributed by atoms with E-state index in [1.165, 1.54) is 23.1 Å². The van der Waals surface area contributed by atoms with Gasteiger partial charge >= 0.3 is 0 Å². The second kappa shape index (κ2) is 9.07. The van der Waals surface area contributed by atoms with Gasteiger partial charge < -0.3 is 4.74 Å². The van der Waals surface area contributed by atoms with Gasteiger partial charge in [0.2, 0.25) is 0 Å². The van der Waals surface area contributed by atoms with E-state index >= 15 is 0 Å². The first-order valence-electron chi connectivity index (χ1n) is 8.83. The monoisotopic (exact) mass is 336 g/mol. The van der Waals surface area contributed by atoms with Crippen LogP contribution in [0.4, 0.5) is 0 Å². The molecule has 0 fully saturated rings. The number of ether oxygens (including phenoxy) is 1. The smallest absolute Gasteiger partial charge is 0.119 e. The Morgan fingerprint density at radius 1 is 1.00 bits per heavy atom. The number of benzene rings is 2. The predicted octanol–water partition coefficient (Wildman–Crippen LogP) is 5.71. The van der Waals surface area contributed by atoms with Crippen molar-refractivity contribution in [1.29, 1.82) is 0 Å². The zero-order chi connectivity index (χ0) is 18.2. The number of aromatic nitrogens is 2. The lowest BCUT2D eigenvalue weighted by atomic mass is 9.97. The Morgan fingerprint density at radius 3 is 2.28 bits per heavy atom. The molecule has 3 rings (SSSR count). The molecule has 1 aromatic heterocycles. The predicted molar refractivity (Wildman–Crippen MR) is 105 cm³/mol. The molecule has 1 N–H and O–H groups in total. The Labute approximate surface area is 151 Å². The minimum atomic E-state index is 0.873. The highest BCUT2D eigenvalue weighted by atomic mass is 16.5. The Kier molecular flexibility index (Phi) is 6.81. The van der Waals surface area contributed by atoms with Crippen molar-refractivity contribution in [2.45, 2.75) is 40.5 Å². The molecule has 1 heterocycles. The molecule has 0 bridgehead atoms. The molecule has 0 radical (unpaired) electrons. The number of hydrogen-bond acceptors (Lipinski definition) is 2. The minimum Gasteiger partial charge on any atom is -0.497 e. The van der Waals surface area contributed by atoms with Crippen molar-refractivity contribution in [1.82, 2.24) is 10.2 Å². The van der Waals surface area contributed by atoms with E-state index in [0.717, 1.165) is 29.1 Å². The standard InChI is InChI=1S/C19H20N2O.C3H8/c1-13-11-16(22-3)9-10-17(13)19-18(14(2)20-21-19)12-15-7-5-4-6-8-15;1-3-2/h4-11H,12H2,1-3H3,(H,20,21);3H2,1-2H3. The number of hydrogen-bond donors (Lipinski definition) is 1. The van der Waals surface area contributed by atoms with E-state index in [9.17, 15) is 0 Å². The van der Waals surface area contributed by atoms with Crippen molar-refractivity contribution >= 4 is 0 Å². The maximum Gasteiger partial charge on any atom is 0.119 e. The largest absolute Gasteiger partial charge is 0.497 e. The molecule has 0 aliphatic rings. The maximum atomic E-state index is 5.29. The summed E-state index contributed by atoms with van der Waals surface area (Å²) in [7, 11) is 1.69. The molecule has 0 spiro atoms. The van der Waals surface area contributed by atoms with Crippen LogP contribution in [0.5, 0.6) is 5.75 Å². The van der Waals surface area contributed by atoms with Gasteiger partial charge in [0.25, 0.3) is 0 Å². The first kappa shape index (κ1) is 18.8. The molecule has 2 aromatic carbocycles. The molecular weight excluding hydrogens is 308 g/mol. The van der Waals surface area contributed by atoms with E-state index in [4.69, 9.17) is 4.74 Å². The van der Waals surface area contributed by atoms with Crippen LogP contribution < -0.4 is 4.74 Å². The number of aromatic amines is 1. The van der Waals surface area contributed by atoms with E-state index in [0.29, 0.717) is 0 Å². The van der Waals surface area contributed by atoms with Crippen molar-refractivity contribution < 1.29 is 4.74 Å². The molecule has 0 aliphatic heterocycles. The molecule has 3 heteroatoms. The van der Waals surface area contributed by atoms with E-state index in [-0.39, 0.29) is 0 Å². The second-order valence-corrected chi connectivity index (χ2v) is 6.23. The van der Waals surface area contributed by atoms with Crippen LogP contribution in [0, 0.1) is 13.8 Å². The SMILES string of the molecule is CCC.COc1ccc(-c2n[nH]c(C)c2Cc2ccccc2)c(C)c1. The zero-order valence-electron chi connectivity index (χ0n) is 15.9. The molecular formula is C22H28N2O. The fourth-order valence-electron chi connectivity index (χ4n) is 2.72. The van der Waals surface area contributed by atoms with Crippen molar-refractivity contribution in [2.24, 2.45) is 0 Å². The summed E-state index contributed by atoms with van der Waals surface area (Å²) in [6.45, 7) is 8.42. The fraction of sp³-hybridized carbons (Fsp3) is 0.318. The van der Waals surface area contributed by atoms with Crippen LogP contribution in [-0.2, 0) is 6.42 Å². The summed E-state index contributed by atoms with van der Waals surface area (Å²) >= 11 is 0. The molecule has 0 amide bonds. The van der Waals surface area contributed by atoms with Crippen LogP contribution in [0.2, 0.25) is 0 Å². The maximum absolute atomic E-state index is 5.29. The molecule has 3 nitrogen and oxygen atoms in total. The lowest BCUT2D eigenvalue weighted by Gasteiger charge is -2.09. The number of nitrogens with one attached hydrogen (secondary N) is 1. The van der Waals surface area contributed by atoms with Gasteiger partial charge in [0.1, 0.15) is 5.75 Å². The molecule has 0 saturated carbocycles. The van der Waals surface area contributed by atoms with Crippen LogP contribution >= 0.6 is 0 Å². The van der Waals surface area contributed by atoms with Gasteiger partial charge in [-0.2, -0.15) is 5.10 Å². The highest BCUT2D eigenvalue weighted by Crippen LogP contribution is 2.30. The third-order valence-corrected chi connectivity index (χ3v) is 3.99. The Balaban J connectivity index is 0.000000701. The molecule has 25 heavy (non-hydrogen) atoms. The molecule has 0 aliphatic carbocycles. The van der Waals surface area contributed by atoms with Crippen LogP contribution in [0.3, 0.4) is 0 Å². The van der Waals surface area contributed by atoms with E-state index in [1.54, 1.807) is 7.11 Å². The van der Waals surface area contributed by atoms with Crippen LogP contribution in [0.1, 0.15) is 42.7 Å². The summed E-state index contributed by atoms with van der Waals surface area (Å²) in [4.78, 5) is 0. The first-order valence-corrected chi connectivity index (χ1v) is 8.83. The van der Waals surface area contributed by atoms with Gasteiger partial charge in [0, 0.05) is 23.2 Å². The van der Waals surface area contributed by atoms with E-state index in [1.807, 2.05) is 18.2 Å². The highest BCUT2D eigenvalue weighted by Gasteiger charge is 2.15. The third kappa shape index (κ3) is 4.72.